The van der Waals surface area contributed by atoms with Gasteiger partial charge in [-0.05, 0) is 48.9 Å². The predicted octanol–water partition coefficient (Wildman–Crippen LogP) is 5.17. The number of amides is 1. The van der Waals surface area contributed by atoms with Gasteiger partial charge in [-0.2, -0.15) is 0 Å². The van der Waals surface area contributed by atoms with Gasteiger partial charge in [0.2, 0.25) is 10.0 Å². The van der Waals surface area contributed by atoms with E-state index >= 15 is 0 Å². The lowest BCUT2D eigenvalue weighted by Gasteiger charge is -2.11. The summed E-state index contributed by atoms with van der Waals surface area (Å²) in [6, 6.07) is 14.7. The van der Waals surface area contributed by atoms with E-state index in [0.29, 0.717) is 5.02 Å². The molecule has 0 aliphatic carbocycles. The number of rotatable bonds is 6. The molecule has 0 spiro atoms. The Kier molecular flexibility index (Phi) is 6.77. The molecule has 30 heavy (non-hydrogen) atoms. The predicted molar refractivity (Wildman–Crippen MR) is 116 cm³/mol. The van der Waals surface area contributed by atoms with Crippen LogP contribution in [0.2, 0.25) is 10.0 Å². The molecule has 0 bridgehead atoms. The zero-order valence-corrected chi connectivity index (χ0v) is 18.1. The summed E-state index contributed by atoms with van der Waals surface area (Å²) in [6.45, 7) is 1.98. The van der Waals surface area contributed by atoms with Gasteiger partial charge in [0.05, 0.1) is 21.2 Å². The van der Waals surface area contributed by atoms with Crippen LogP contribution in [0.5, 0.6) is 0 Å². The molecule has 0 heterocycles. The van der Waals surface area contributed by atoms with Crippen molar-refractivity contribution in [1.29, 1.82) is 0 Å². The average molecular weight is 467 g/mol. The van der Waals surface area contributed by atoms with Crippen LogP contribution < -0.4 is 10.0 Å². The summed E-state index contributed by atoms with van der Waals surface area (Å²) in [5.74, 6) is -1.71. The Labute approximate surface area is 183 Å². The quantitative estimate of drug-likeness (QED) is 0.525. The van der Waals surface area contributed by atoms with E-state index in [9.17, 15) is 17.6 Å². The fourth-order valence-electron chi connectivity index (χ4n) is 2.59. The molecule has 0 radical (unpaired) electrons. The van der Waals surface area contributed by atoms with Crippen molar-refractivity contribution in [3.8, 4) is 0 Å². The molecule has 0 aromatic heterocycles. The van der Waals surface area contributed by atoms with Crippen LogP contribution in [0, 0.1) is 12.7 Å². The van der Waals surface area contributed by atoms with Gasteiger partial charge in [0.25, 0.3) is 5.91 Å². The van der Waals surface area contributed by atoms with E-state index < -0.39 is 27.3 Å². The number of sulfonamides is 1. The lowest BCUT2D eigenvalue weighted by atomic mass is 10.2. The van der Waals surface area contributed by atoms with Gasteiger partial charge < -0.3 is 5.32 Å². The Hall–Kier alpha value is -2.45. The van der Waals surface area contributed by atoms with Crippen LogP contribution in [-0.4, -0.2) is 14.3 Å². The zero-order valence-electron chi connectivity index (χ0n) is 15.7. The van der Waals surface area contributed by atoms with Gasteiger partial charge in [-0.25, -0.2) is 17.5 Å². The molecule has 0 aliphatic rings. The van der Waals surface area contributed by atoms with Gasteiger partial charge in [0.1, 0.15) is 5.82 Å². The highest BCUT2D eigenvalue weighted by molar-refractivity contribution is 7.89. The molecule has 1 amide bonds. The highest BCUT2D eigenvalue weighted by Crippen LogP contribution is 2.26. The Morgan fingerprint density at radius 1 is 1.00 bits per heavy atom. The van der Waals surface area contributed by atoms with Gasteiger partial charge in [0, 0.05) is 11.6 Å². The first kappa shape index (κ1) is 22.2. The number of hydrogen-bond acceptors (Lipinski definition) is 3. The smallest absolute Gasteiger partial charge is 0.258 e. The minimum absolute atomic E-state index is 0.0574. The first-order valence-corrected chi connectivity index (χ1v) is 11.0. The van der Waals surface area contributed by atoms with E-state index in [1.165, 1.54) is 18.2 Å². The van der Waals surface area contributed by atoms with Gasteiger partial charge >= 0.3 is 0 Å². The van der Waals surface area contributed by atoms with Gasteiger partial charge in [-0.3, -0.25) is 4.79 Å². The molecule has 0 atom stereocenters. The van der Waals surface area contributed by atoms with E-state index in [0.717, 1.165) is 29.3 Å². The summed E-state index contributed by atoms with van der Waals surface area (Å²) in [6.07, 6.45) is 0. The molecule has 5 nitrogen and oxygen atoms in total. The van der Waals surface area contributed by atoms with Crippen molar-refractivity contribution in [2.45, 2.75) is 18.4 Å². The third-order valence-electron chi connectivity index (χ3n) is 4.26. The van der Waals surface area contributed by atoms with Crippen molar-refractivity contribution >= 4 is 44.8 Å². The number of carbonyl (C=O) groups excluding carboxylic acids is 1. The van der Waals surface area contributed by atoms with E-state index in [1.807, 2.05) is 19.1 Å². The first-order valence-electron chi connectivity index (χ1n) is 8.77. The summed E-state index contributed by atoms with van der Waals surface area (Å²) >= 11 is 11.8. The molecule has 0 saturated carbocycles. The van der Waals surface area contributed by atoms with Crippen LogP contribution in [0.25, 0.3) is 0 Å². The lowest BCUT2D eigenvalue weighted by molar-refractivity contribution is 0.102. The molecular weight excluding hydrogens is 450 g/mol. The highest BCUT2D eigenvalue weighted by atomic mass is 35.5. The number of anilines is 1. The van der Waals surface area contributed by atoms with Crippen LogP contribution in [0.4, 0.5) is 10.1 Å². The van der Waals surface area contributed by atoms with E-state index in [2.05, 4.69) is 10.0 Å². The second kappa shape index (κ2) is 9.14. The molecule has 0 aliphatic heterocycles. The largest absolute Gasteiger partial charge is 0.321 e. The van der Waals surface area contributed by atoms with Crippen molar-refractivity contribution in [3.63, 3.8) is 0 Å². The molecule has 0 saturated heterocycles. The van der Waals surface area contributed by atoms with Crippen molar-refractivity contribution < 1.29 is 17.6 Å². The second-order valence-electron chi connectivity index (χ2n) is 6.53. The summed E-state index contributed by atoms with van der Waals surface area (Å²) in [5.41, 5.74) is 1.61. The van der Waals surface area contributed by atoms with Gasteiger partial charge in [-0.15, -0.1) is 0 Å². The topological polar surface area (TPSA) is 75.3 Å². The molecule has 0 unspecified atom stereocenters. The maximum atomic E-state index is 14.2. The molecule has 0 fully saturated rings. The number of benzene rings is 3. The number of aryl methyl sites for hydroxylation is 1. The third-order valence-corrected chi connectivity index (χ3v) is 6.21. The monoisotopic (exact) mass is 466 g/mol. The van der Waals surface area contributed by atoms with Crippen LogP contribution in [0.1, 0.15) is 21.5 Å². The van der Waals surface area contributed by atoms with Gasteiger partial charge in [-0.1, -0.05) is 53.0 Å². The number of carbonyl (C=O) groups is 1. The zero-order chi connectivity index (χ0) is 21.9. The number of nitrogens with one attached hydrogen (secondary N) is 2. The Balaban J connectivity index is 1.80. The van der Waals surface area contributed by atoms with Gasteiger partial charge in [0.15, 0.2) is 0 Å². The van der Waals surface area contributed by atoms with Crippen molar-refractivity contribution in [2.75, 3.05) is 5.32 Å². The second-order valence-corrected chi connectivity index (χ2v) is 9.14. The summed E-state index contributed by atoms with van der Waals surface area (Å²) < 4.78 is 41.9. The van der Waals surface area contributed by atoms with Crippen LogP contribution in [0.3, 0.4) is 0 Å². The fourth-order valence-corrected chi connectivity index (χ4v) is 4.09. The molecule has 156 valence electrons. The van der Waals surface area contributed by atoms with Crippen LogP contribution in [-0.2, 0) is 16.6 Å². The lowest BCUT2D eigenvalue weighted by Crippen LogP contribution is -2.24. The highest BCUT2D eigenvalue weighted by Gasteiger charge is 2.20. The van der Waals surface area contributed by atoms with Crippen LogP contribution in [0.15, 0.2) is 65.6 Å². The summed E-state index contributed by atoms with van der Waals surface area (Å²) in [4.78, 5) is 12.3. The molecule has 9 heteroatoms. The summed E-state index contributed by atoms with van der Waals surface area (Å²) in [5, 5.41) is 2.99. The van der Waals surface area contributed by atoms with Crippen molar-refractivity contribution in [1.82, 2.24) is 4.72 Å². The first-order chi connectivity index (χ1) is 14.2. The molecule has 3 rings (SSSR count). The third kappa shape index (κ3) is 5.37. The number of halogens is 3. The molecule has 2 N–H and O–H groups in total. The van der Waals surface area contributed by atoms with Crippen LogP contribution >= 0.6 is 23.2 Å². The maximum Gasteiger partial charge on any atom is 0.258 e. The molecular formula is C21H17Cl2FN2O3S. The Morgan fingerprint density at radius 2 is 1.70 bits per heavy atom. The Morgan fingerprint density at radius 3 is 2.37 bits per heavy atom. The number of hydrogen-bond donors (Lipinski definition) is 2. The minimum atomic E-state index is -3.97. The standard InChI is InChI=1S/C21H17Cl2FN2O3S/c1-13-2-4-14(5-3-13)12-25-30(28,29)16-7-8-19(24)17(11-16)21(27)26-20-9-6-15(22)10-18(20)23/h2-11,25H,12H2,1H3,(H,26,27). The van der Waals surface area contributed by atoms with Crippen molar-refractivity contribution in [2.24, 2.45) is 0 Å². The van der Waals surface area contributed by atoms with Crippen molar-refractivity contribution in [3.05, 3.63) is 93.2 Å². The van der Waals surface area contributed by atoms with E-state index in [1.54, 1.807) is 12.1 Å². The SMILES string of the molecule is Cc1ccc(CNS(=O)(=O)c2ccc(F)c(C(=O)Nc3ccc(Cl)cc3Cl)c2)cc1. The average Bonchev–Trinajstić information content (AvgIpc) is 2.70. The summed E-state index contributed by atoms with van der Waals surface area (Å²) in [7, 11) is -3.97. The normalized spacial score (nSPS) is 11.3. The maximum absolute atomic E-state index is 14.2. The van der Waals surface area contributed by atoms with E-state index in [-0.39, 0.29) is 22.2 Å². The Bertz CT molecular complexity index is 1200. The minimum Gasteiger partial charge on any atom is -0.321 e. The fraction of sp³-hybridized carbons (Fsp3) is 0.0952. The molecule has 3 aromatic carbocycles. The van der Waals surface area contributed by atoms with E-state index in [4.69, 9.17) is 23.2 Å². The molecule has 3 aromatic rings.